The highest BCUT2D eigenvalue weighted by molar-refractivity contribution is 9.10. The lowest BCUT2D eigenvalue weighted by atomic mass is 10.3. The third kappa shape index (κ3) is 1.15. The zero-order chi connectivity index (χ0) is 6.91. The third-order valence-corrected chi connectivity index (χ3v) is 1.66. The number of hydrogen-bond donors (Lipinski definition) is 0. The smallest absolute Gasteiger partial charge is 0.206 e. The highest BCUT2D eigenvalue weighted by Gasteiger charge is 2.36. The van der Waals surface area contributed by atoms with Gasteiger partial charge in [0.2, 0.25) is 4.45 Å². The lowest BCUT2D eigenvalue weighted by Crippen LogP contribution is -2.22. The molecule has 0 bridgehead atoms. The fourth-order valence-electron chi connectivity index (χ4n) is 0.409. The minimum Gasteiger partial charge on any atom is -0.206 e. The Morgan fingerprint density at radius 2 is 2.22 bits per heavy atom. The molecule has 0 aromatic carbocycles. The molecule has 1 atom stereocenters. The van der Waals surface area contributed by atoms with Crippen LogP contribution in [0, 0.1) is 0 Å². The van der Waals surface area contributed by atoms with Crippen molar-refractivity contribution in [3.05, 3.63) is 12.3 Å². The lowest BCUT2D eigenvalue weighted by molar-refractivity contribution is 0.123. The van der Waals surface area contributed by atoms with E-state index < -0.39 is 10.9 Å². The first-order valence-corrected chi connectivity index (χ1v) is 3.01. The van der Waals surface area contributed by atoms with Crippen LogP contribution in [0.4, 0.5) is 8.78 Å². The van der Waals surface area contributed by atoms with Gasteiger partial charge in [-0.05, 0) is 22.0 Å². The van der Waals surface area contributed by atoms with E-state index in [9.17, 15) is 8.78 Å². The zero-order valence-electron chi connectivity index (χ0n) is 4.26. The Morgan fingerprint density at radius 3 is 2.44 bits per heavy atom. The van der Waals surface area contributed by atoms with Crippen LogP contribution in [-0.2, 0) is 0 Å². The molecule has 0 saturated carbocycles. The summed E-state index contributed by atoms with van der Waals surface area (Å²) in [5, 5.41) is 6.52. The van der Waals surface area contributed by atoms with E-state index in [0.717, 1.165) is 0 Å². The first-order valence-electron chi connectivity index (χ1n) is 2.22. The van der Waals surface area contributed by atoms with E-state index in [0.29, 0.717) is 0 Å². The van der Waals surface area contributed by atoms with Gasteiger partial charge in [0.25, 0.3) is 6.43 Å². The van der Waals surface area contributed by atoms with Gasteiger partial charge in [-0.1, -0.05) is 0 Å². The van der Waals surface area contributed by atoms with Gasteiger partial charge < -0.3 is 0 Å². The van der Waals surface area contributed by atoms with Gasteiger partial charge in [0.05, 0.1) is 0 Å². The Balaban J connectivity index is 2.75. The first kappa shape index (κ1) is 6.80. The fourth-order valence-corrected chi connectivity index (χ4v) is 0.619. The molecular formula is C4H3BrF2N2. The van der Waals surface area contributed by atoms with E-state index in [1.807, 2.05) is 0 Å². The van der Waals surface area contributed by atoms with Crippen molar-refractivity contribution in [2.45, 2.75) is 10.9 Å². The largest absolute Gasteiger partial charge is 0.278 e. The molecule has 0 aliphatic carbocycles. The maximum atomic E-state index is 11.9. The molecule has 0 aromatic rings. The maximum absolute atomic E-state index is 11.9. The minimum absolute atomic E-state index is 1.21. The molecule has 0 spiro atoms. The van der Waals surface area contributed by atoms with Crippen LogP contribution in [0.2, 0.25) is 0 Å². The Labute approximate surface area is 58.8 Å². The van der Waals surface area contributed by atoms with Crippen molar-refractivity contribution in [2.24, 2.45) is 10.2 Å². The van der Waals surface area contributed by atoms with E-state index >= 15 is 0 Å². The highest BCUT2D eigenvalue weighted by Crippen LogP contribution is 2.32. The van der Waals surface area contributed by atoms with Crippen molar-refractivity contribution in [2.75, 3.05) is 0 Å². The van der Waals surface area contributed by atoms with Crippen LogP contribution < -0.4 is 0 Å². The molecule has 5 heteroatoms. The van der Waals surface area contributed by atoms with E-state index in [4.69, 9.17) is 0 Å². The number of rotatable bonds is 1. The van der Waals surface area contributed by atoms with E-state index in [1.165, 1.54) is 12.3 Å². The van der Waals surface area contributed by atoms with Crippen molar-refractivity contribution in [3.8, 4) is 0 Å². The molecule has 2 nitrogen and oxygen atoms in total. The van der Waals surface area contributed by atoms with Crippen molar-refractivity contribution < 1.29 is 8.78 Å². The molecule has 1 rings (SSSR count). The second-order valence-electron chi connectivity index (χ2n) is 1.56. The van der Waals surface area contributed by atoms with Gasteiger partial charge in [-0.15, -0.1) is 0 Å². The summed E-state index contributed by atoms with van der Waals surface area (Å²) in [5.74, 6) is 0. The van der Waals surface area contributed by atoms with Crippen LogP contribution in [0.15, 0.2) is 22.5 Å². The van der Waals surface area contributed by atoms with Crippen LogP contribution in [-0.4, -0.2) is 10.9 Å². The molecule has 50 valence electrons. The summed E-state index contributed by atoms with van der Waals surface area (Å²) in [6.07, 6.45) is -0.0986. The second-order valence-corrected chi connectivity index (χ2v) is 2.83. The number of halogens is 3. The van der Waals surface area contributed by atoms with Gasteiger partial charge in [0.1, 0.15) is 0 Å². The van der Waals surface area contributed by atoms with Gasteiger partial charge in [0, 0.05) is 6.20 Å². The molecule has 0 N–H and O–H groups in total. The van der Waals surface area contributed by atoms with E-state index in [1.54, 1.807) is 0 Å². The summed E-state index contributed by atoms with van der Waals surface area (Å²) in [7, 11) is 0. The topological polar surface area (TPSA) is 24.7 Å². The summed E-state index contributed by atoms with van der Waals surface area (Å²) in [6.45, 7) is 0. The molecule has 0 aromatic heterocycles. The van der Waals surface area contributed by atoms with Crippen LogP contribution in [0.1, 0.15) is 0 Å². The monoisotopic (exact) mass is 196 g/mol. The van der Waals surface area contributed by atoms with Crippen molar-refractivity contribution in [3.63, 3.8) is 0 Å². The van der Waals surface area contributed by atoms with E-state index in [2.05, 4.69) is 26.2 Å². The van der Waals surface area contributed by atoms with Crippen molar-refractivity contribution in [1.29, 1.82) is 0 Å². The molecule has 0 saturated heterocycles. The quantitative estimate of drug-likeness (QED) is 0.455. The van der Waals surface area contributed by atoms with Gasteiger partial charge in [-0.25, -0.2) is 8.78 Å². The van der Waals surface area contributed by atoms with Crippen LogP contribution in [0.3, 0.4) is 0 Å². The summed E-state index contributed by atoms with van der Waals surface area (Å²) < 4.78 is 22.2. The number of hydrogen-bond acceptors (Lipinski definition) is 2. The number of alkyl halides is 3. The Bertz CT molecular complexity index is 154. The summed E-state index contributed by atoms with van der Waals surface area (Å²) >= 11 is 2.71. The Kier molecular flexibility index (Phi) is 1.61. The van der Waals surface area contributed by atoms with Crippen LogP contribution in [0.25, 0.3) is 0 Å². The van der Waals surface area contributed by atoms with Gasteiger partial charge in [-0.2, -0.15) is 10.2 Å². The molecule has 1 unspecified atom stereocenters. The second kappa shape index (κ2) is 2.13. The molecule has 1 aliphatic heterocycles. The fraction of sp³-hybridized carbons (Fsp3) is 0.500. The molecule has 0 radical (unpaired) electrons. The zero-order valence-corrected chi connectivity index (χ0v) is 5.85. The van der Waals surface area contributed by atoms with Crippen molar-refractivity contribution >= 4 is 15.9 Å². The van der Waals surface area contributed by atoms with Gasteiger partial charge >= 0.3 is 0 Å². The normalized spacial score (nSPS) is 32.4. The first-order chi connectivity index (χ1) is 4.15. The molecule has 0 fully saturated rings. The Morgan fingerprint density at radius 1 is 1.56 bits per heavy atom. The van der Waals surface area contributed by atoms with Gasteiger partial charge in [-0.3, -0.25) is 0 Å². The summed E-state index contributed by atoms with van der Waals surface area (Å²) in [5.41, 5.74) is 0. The van der Waals surface area contributed by atoms with E-state index in [-0.39, 0.29) is 0 Å². The lowest BCUT2D eigenvalue weighted by Gasteiger charge is -2.10. The number of azo groups is 1. The highest BCUT2D eigenvalue weighted by atomic mass is 79.9. The van der Waals surface area contributed by atoms with Crippen LogP contribution in [0.5, 0.6) is 0 Å². The molecule has 0 amide bonds. The predicted molar refractivity (Wildman–Crippen MR) is 31.7 cm³/mol. The van der Waals surface area contributed by atoms with Gasteiger partial charge in [0.15, 0.2) is 0 Å². The minimum atomic E-state index is -2.54. The predicted octanol–water partition coefficient (Wildman–Crippen LogP) is 2.32. The van der Waals surface area contributed by atoms with Crippen LogP contribution >= 0.6 is 15.9 Å². The summed E-state index contributed by atoms with van der Waals surface area (Å²) in [6, 6.07) is 0. The standard InChI is InChI=1S/C4H3BrF2N2/c5-4(3(6)7)1-2-8-9-4/h1-3H. The summed E-state index contributed by atoms with van der Waals surface area (Å²) in [4.78, 5) is 0. The average molecular weight is 197 g/mol. The van der Waals surface area contributed by atoms with Crippen molar-refractivity contribution in [1.82, 2.24) is 0 Å². The SMILES string of the molecule is FC(F)C1(Br)C=CN=N1. The molecule has 9 heavy (non-hydrogen) atoms. The molecular weight excluding hydrogens is 194 g/mol. The molecule has 1 aliphatic rings. The third-order valence-electron chi connectivity index (χ3n) is 0.892. The maximum Gasteiger partial charge on any atom is 0.278 e. The average Bonchev–Trinajstić information content (AvgIpc) is 2.16. The molecule has 1 heterocycles. The number of nitrogens with zero attached hydrogens (tertiary/aromatic N) is 2. The Hall–Kier alpha value is -0.320.